The van der Waals surface area contributed by atoms with Gasteiger partial charge in [-0.3, -0.25) is 9.13 Å². The maximum Gasteiger partial charge on any atom is 0.422 e. The van der Waals surface area contributed by atoms with Gasteiger partial charge in [0.2, 0.25) is 0 Å². The van der Waals surface area contributed by atoms with Crippen LogP contribution >= 0.6 is 40.2 Å². The van der Waals surface area contributed by atoms with Crippen molar-refractivity contribution in [2.45, 2.75) is 0 Å². The predicted molar refractivity (Wildman–Crippen MR) is 56.9 cm³/mol. The minimum absolute atomic E-state index is 0.0833. The van der Waals surface area contributed by atoms with E-state index in [1.165, 1.54) is 0 Å². The van der Waals surface area contributed by atoms with Gasteiger partial charge in [-0.05, 0) is 8.93 Å². The summed E-state index contributed by atoms with van der Waals surface area (Å²) in [4.78, 5) is 45.3. The van der Waals surface area contributed by atoms with Crippen molar-refractivity contribution in [2.75, 3.05) is 0 Å². The maximum atomic E-state index is 9.81. The summed E-state index contributed by atoms with van der Waals surface area (Å²) in [6.45, 7) is 0. The summed E-state index contributed by atoms with van der Waals surface area (Å²) in [5, 5.41) is 0. The molecule has 0 aromatic carbocycles. The number of nitrogens with two attached hydrogens (primary N) is 1. The van der Waals surface area contributed by atoms with Crippen LogP contribution in [-0.2, 0) is 13.7 Å². The van der Waals surface area contributed by atoms with E-state index in [1.807, 2.05) is 8.93 Å². The largest absolute Gasteiger partial charge is 0.422 e. The summed E-state index contributed by atoms with van der Waals surface area (Å²) in [6.07, 6.45) is 0. The average molecular weight is 323 g/mol. The van der Waals surface area contributed by atoms with Crippen LogP contribution in [0.3, 0.4) is 0 Å². The summed E-state index contributed by atoms with van der Waals surface area (Å²) in [6, 6.07) is 0. The van der Waals surface area contributed by atoms with E-state index in [-0.39, 0.29) is 8.15 Å². The number of rotatable bonds is 1. The lowest BCUT2D eigenvalue weighted by atomic mass is 13.9. The molecule has 0 aromatic rings. The first-order chi connectivity index (χ1) is 6.40. The van der Waals surface area contributed by atoms with Gasteiger partial charge >= 0.3 is 23.1 Å². The van der Waals surface area contributed by atoms with Gasteiger partial charge in [0.25, 0.3) is 0 Å². The molecule has 15 heteroatoms. The van der Waals surface area contributed by atoms with Crippen LogP contribution in [0.2, 0.25) is 0 Å². The van der Waals surface area contributed by atoms with Crippen LogP contribution in [0, 0.1) is 0 Å². The first-order valence-corrected chi connectivity index (χ1v) is 10.1. The van der Waals surface area contributed by atoms with E-state index in [9.17, 15) is 9.13 Å². The minimum atomic E-state index is -4.96. The van der Waals surface area contributed by atoms with Crippen LogP contribution in [0.15, 0.2) is 0 Å². The van der Waals surface area contributed by atoms with E-state index in [2.05, 4.69) is 5.50 Å². The van der Waals surface area contributed by atoms with Crippen LogP contribution in [-0.4, -0.2) is 29.4 Å². The minimum Gasteiger partial charge on any atom is -0.328 e. The Balaban J connectivity index is -0.000000173. The van der Waals surface area contributed by atoms with Crippen LogP contribution in [0.25, 0.3) is 0 Å². The molecule has 0 aromatic heterocycles. The molecule has 0 aliphatic carbocycles. The van der Waals surface area contributed by atoms with Crippen molar-refractivity contribution >= 4 is 40.2 Å². The van der Waals surface area contributed by atoms with Gasteiger partial charge < -0.3 is 29.4 Å². The molecule has 0 amide bonds. The molecule has 15 heavy (non-hydrogen) atoms. The zero-order chi connectivity index (χ0) is 13.3. The average Bonchev–Trinajstić information content (AvgIpc) is 1.81. The molecule has 10 nitrogen and oxygen atoms in total. The second-order valence-electron chi connectivity index (χ2n) is 1.48. The monoisotopic (exact) mass is 323 g/mol. The van der Waals surface area contributed by atoms with E-state index in [0.29, 0.717) is 0 Å². The Morgan fingerprint density at radius 3 is 1.20 bits per heavy atom. The predicted octanol–water partition coefficient (Wildman–Crippen LogP) is -0.518. The second-order valence-corrected chi connectivity index (χ2v) is 8.34. The zero-order valence-electron chi connectivity index (χ0n) is 6.85. The fourth-order valence-corrected chi connectivity index (χ4v) is 0. The molecule has 2 unspecified atom stereocenters. The molecule has 94 valence electrons. The third-order valence-corrected chi connectivity index (χ3v) is 3.36. The zero-order valence-corrected chi connectivity index (χ0v) is 11.6. The van der Waals surface area contributed by atoms with Gasteiger partial charge in [0, 0.05) is 0 Å². The van der Waals surface area contributed by atoms with Crippen molar-refractivity contribution in [2.24, 2.45) is 5.50 Å². The van der Waals surface area contributed by atoms with Gasteiger partial charge in [-0.15, -0.1) is 0 Å². The topological polar surface area (TPSA) is 199 Å². The molecule has 8 N–H and O–H groups in total. The second kappa shape index (κ2) is 10.3. The summed E-state index contributed by atoms with van der Waals surface area (Å²) in [7, 11) is -10.2. The van der Waals surface area contributed by atoms with Gasteiger partial charge in [0.05, 0.1) is 0 Å². The lowest BCUT2D eigenvalue weighted by Gasteiger charge is -2.04. The summed E-state index contributed by atoms with van der Waals surface area (Å²) in [5.41, 5.74) is 4.16. The lowest BCUT2D eigenvalue weighted by Crippen LogP contribution is -1.92. The molecule has 0 radical (unpaired) electrons. The van der Waals surface area contributed by atoms with E-state index >= 15 is 0 Å². The van der Waals surface area contributed by atoms with Gasteiger partial charge in [-0.1, -0.05) is 0 Å². The highest BCUT2D eigenvalue weighted by atomic mass is 32.1. The van der Waals surface area contributed by atoms with E-state index in [4.69, 9.17) is 33.9 Å². The summed E-state index contributed by atoms with van der Waals surface area (Å²) in [5.74, 6) is 0. The molecule has 0 saturated heterocycles. The third-order valence-electron chi connectivity index (χ3n) is 0.373. The Morgan fingerprint density at radius 1 is 1.13 bits per heavy atom. The summed E-state index contributed by atoms with van der Waals surface area (Å²) < 4.78 is 28.4. The molecule has 0 aliphatic heterocycles. The molecule has 0 fully saturated rings. The number of hydrogen-bond donors (Lipinski definition) is 7. The van der Waals surface area contributed by atoms with Gasteiger partial charge in [0.1, 0.15) is 0 Å². The molecule has 0 spiro atoms. The normalized spacial score (nSPS) is 14.5. The highest BCUT2D eigenvalue weighted by Crippen LogP contribution is 2.68. The first kappa shape index (κ1) is 21.4. The Kier molecular flexibility index (Phi) is 14.7. The molecule has 0 aliphatic rings. The van der Waals surface area contributed by atoms with Crippen molar-refractivity contribution < 1.29 is 43.1 Å². The molecule has 0 bridgehead atoms. The van der Waals surface area contributed by atoms with Crippen LogP contribution < -0.4 is 5.50 Å². The van der Waals surface area contributed by atoms with Gasteiger partial charge in [-0.2, -0.15) is 0 Å². The third kappa shape index (κ3) is 25.4. The van der Waals surface area contributed by atoms with Crippen molar-refractivity contribution in [3.8, 4) is 0 Å². The standard InChI is InChI=1S/H5NO5P2.H3O3P.H2OP2/c1-7(2,3)8(4,5)6;1-4(2)3;1-3-2/h(H3,1,2,3)(H2,4,5,6);1-3H;2H2. The molecule has 0 saturated carbocycles. The van der Waals surface area contributed by atoms with Crippen LogP contribution in [0.5, 0.6) is 0 Å². The van der Waals surface area contributed by atoms with Gasteiger partial charge in [-0.25, -0.2) is 10.1 Å². The van der Waals surface area contributed by atoms with E-state index in [1.54, 1.807) is 0 Å². The fraction of sp³-hybridized carbons (Fsp3) is 0. The van der Waals surface area contributed by atoms with E-state index < -0.39 is 23.1 Å². The van der Waals surface area contributed by atoms with Crippen molar-refractivity contribution in [1.29, 1.82) is 0 Å². The summed E-state index contributed by atoms with van der Waals surface area (Å²) >= 11 is 0. The Labute approximate surface area is 89.4 Å². The quantitative estimate of drug-likeness (QED) is 0.308. The van der Waals surface area contributed by atoms with E-state index in [0.717, 1.165) is 0 Å². The fourth-order valence-electron chi connectivity index (χ4n) is 0. The Morgan fingerprint density at radius 2 is 1.20 bits per heavy atom. The lowest BCUT2D eigenvalue weighted by molar-refractivity contribution is 0.368. The van der Waals surface area contributed by atoms with Crippen molar-refractivity contribution in [3.63, 3.8) is 0 Å². The van der Waals surface area contributed by atoms with Crippen molar-refractivity contribution in [1.82, 2.24) is 0 Å². The maximum absolute atomic E-state index is 9.81. The molecular weight excluding hydrogens is 313 g/mol. The van der Waals surface area contributed by atoms with Crippen LogP contribution in [0.1, 0.15) is 0 Å². The number of hydrogen-bond acceptors (Lipinski definition) is 6. The molecule has 2 atom stereocenters. The Bertz CT molecular complexity index is 212. The first-order valence-electron chi connectivity index (χ1n) is 2.46. The highest BCUT2D eigenvalue weighted by molar-refractivity contribution is 8.27. The molecule has 0 rings (SSSR count). The van der Waals surface area contributed by atoms with Gasteiger partial charge in [0.15, 0.2) is 8.15 Å². The van der Waals surface area contributed by atoms with Crippen molar-refractivity contribution in [3.05, 3.63) is 0 Å². The molecular formula is H10NO9P5. The Hall–Kier alpha value is 1.14. The smallest absolute Gasteiger partial charge is 0.328 e. The SMILES string of the molecule is NP(=O)(O)P(=O)(O)O.O=PP.OP(O)O. The molecule has 0 heterocycles. The van der Waals surface area contributed by atoms with Crippen LogP contribution in [0.4, 0.5) is 0 Å². The highest BCUT2D eigenvalue weighted by Gasteiger charge is 2.35.